The molecule has 0 spiro atoms. The molecule has 1 aromatic rings. The third-order valence-electron chi connectivity index (χ3n) is 5.07. The average molecular weight is 291 g/mol. The lowest BCUT2D eigenvalue weighted by molar-refractivity contribution is 0.0902. The number of aryl methyl sites for hydroxylation is 1. The summed E-state index contributed by atoms with van der Waals surface area (Å²) in [5.41, 5.74) is 1.55. The van der Waals surface area contributed by atoms with Crippen molar-refractivity contribution in [1.82, 2.24) is 4.90 Å². The molecule has 2 rings (SSSR count). The van der Waals surface area contributed by atoms with E-state index >= 15 is 0 Å². The molecule has 1 aliphatic rings. The van der Waals surface area contributed by atoms with Gasteiger partial charge in [0.2, 0.25) is 0 Å². The molecule has 0 unspecified atom stereocenters. The maximum atomic E-state index is 13.5. The largest absolute Gasteiger partial charge is 0.303 e. The van der Waals surface area contributed by atoms with E-state index in [4.69, 9.17) is 0 Å². The Morgan fingerprint density at radius 2 is 2.00 bits per heavy atom. The van der Waals surface area contributed by atoms with Gasteiger partial charge in [-0.15, -0.1) is 0 Å². The van der Waals surface area contributed by atoms with Crippen LogP contribution in [0.5, 0.6) is 0 Å². The molecule has 2 nitrogen and oxygen atoms in total. The molecular weight excluding hydrogens is 265 g/mol. The second-order valence-corrected chi connectivity index (χ2v) is 6.64. The number of hydrogen-bond donors (Lipinski definition) is 0. The van der Waals surface area contributed by atoms with E-state index in [-0.39, 0.29) is 11.6 Å². The summed E-state index contributed by atoms with van der Waals surface area (Å²) in [5.74, 6) is -0.254. The smallest absolute Gasteiger partial charge is 0.164 e. The Kier molecular flexibility index (Phi) is 5.15. The van der Waals surface area contributed by atoms with Crippen LogP contribution >= 0.6 is 0 Å². The Morgan fingerprint density at radius 1 is 1.33 bits per heavy atom. The number of Topliss-reactive ketones (excluding diaryl/α,β-unsaturated/α-hetero) is 1. The first kappa shape index (κ1) is 16.2. The summed E-state index contributed by atoms with van der Waals surface area (Å²) in [6.45, 7) is 9.24. The van der Waals surface area contributed by atoms with E-state index in [0.717, 1.165) is 19.6 Å². The second-order valence-electron chi connectivity index (χ2n) is 6.64. The molecular formula is C18H26FNO. The fourth-order valence-corrected chi connectivity index (χ4v) is 2.84. The van der Waals surface area contributed by atoms with E-state index < -0.39 is 0 Å². The normalized spacial score (nSPS) is 18.7. The molecule has 0 amide bonds. The zero-order chi connectivity index (χ0) is 15.5. The van der Waals surface area contributed by atoms with E-state index in [1.165, 1.54) is 25.3 Å². The quantitative estimate of drug-likeness (QED) is 0.757. The zero-order valence-electron chi connectivity index (χ0n) is 13.4. The Labute approximate surface area is 127 Å². The monoisotopic (exact) mass is 291 g/mol. The van der Waals surface area contributed by atoms with Gasteiger partial charge in [0.1, 0.15) is 5.82 Å². The van der Waals surface area contributed by atoms with Gasteiger partial charge in [0.05, 0.1) is 0 Å². The molecule has 0 bridgehead atoms. The number of hydrogen-bond acceptors (Lipinski definition) is 2. The molecule has 0 aromatic heterocycles. The van der Waals surface area contributed by atoms with Crippen LogP contribution < -0.4 is 0 Å². The van der Waals surface area contributed by atoms with Crippen LogP contribution in [0.15, 0.2) is 18.2 Å². The SMILES string of the molecule is CCC1(C)CCN(CCC(=O)c2ccc(C)c(F)c2)CC1. The Hall–Kier alpha value is -1.22. The van der Waals surface area contributed by atoms with Crippen molar-refractivity contribution in [3.63, 3.8) is 0 Å². The van der Waals surface area contributed by atoms with Gasteiger partial charge >= 0.3 is 0 Å². The molecule has 116 valence electrons. The highest BCUT2D eigenvalue weighted by Crippen LogP contribution is 2.33. The van der Waals surface area contributed by atoms with E-state index in [2.05, 4.69) is 18.7 Å². The third kappa shape index (κ3) is 4.13. The van der Waals surface area contributed by atoms with E-state index in [0.29, 0.717) is 23.0 Å². The van der Waals surface area contributed by atoms with Gasteiger partial charge in [-0.2, -0.15) is 0 Å². The van der Waals surface area contributed by atoms with Crippen molar-refractivity contribution in [2.75, 3.05) is 19.6 Å². The highest BCUT2D eigenvalue weighted by Gasteiger charge is 2.28. The summed E-state index contributed by atoms with van der Waals surface area (Å²) in [6, 6.07) is 4.77. The van der Waals surface area contributed by atoms with Gasteiger partial charge < -0.3 is 4.90 Å². The van der Waals surface area contributed by atoms with Crippen LogP contribution in [-0.4, -0.2) is 30.3 Å². The van der Waals surface area contributed by atoms with Crippen LogP contribution in [0.25, 0.3) is 0 Å². The van der Waals surface area contributed by atoms with Crippen LogP contribution in [0.4, 0.5) is 4.39 Å². The summed E-state index contributed by atoms with van der Waals surface area (Å²) in [5, 5.41) is 0. The van der Waals surface area contributed by atoms with Crippen LogP contribution in [-0.2, 0) is 0 Å². The van der Waals surface area contributed by atoms with Crippen molar-refractivity contribution in [2.45, 2.75) is 46.5 Å². The third-order valence-corrected chi connectivity index (χ3v) is 5.07. The van der Waals surface area contributed by atoms with Gasteiger partial charge in [0, 0.05) is 18.5 Å². The summed E-state index contributed by atoms with van der Waals surface area (Å²) in [4.78, 5) is 14.5. The van der Waals surface area contributed by atoms with Gasteiger partial charge in [0.15, 0.2) is 5.78 Å². The second kappa shape index (κ2) is 6.69. The first-order valence-corrected chi connectivity index (χ1v) is 7.95. The van der Waals surface area contributed by atoms with Crippen LogP contribution in [0.3, 0.4) is 0 Å². The topological polar surface area (TPSA) is 20.3 Å². The van der Waals surface area contributed by atoms with Crippen LogP contribution in [0.2, 0.25) is 0 Å². The number of benzene rings is 1. The molecule has 21 heavy (non-hydrogen) atoms. The number of rotatable bonds is 5. The minimum Gasteiger partial charge on any atom is -0.303 e. The number of piperidine rings is 1. The van der Waals surface area contributed by atoms with E-state index in [1.807, 2.05) is 0 Å². The van der Waals surface area contributed by atoms with Crippen molar-refractivity contribution in [1.29, 1.82) is 0 Å². The molecule has 0 N–H and O–H groups in total. The molecule has 0 saturated carbocycles. The minimum absolute atomic E-state index is 0.0396. The standard InChI is InChI=1S/C18H26FNO/c1-4-18(3)8-11-20(12-9-18)10-7-17(21)15-6-5-14(2)16(19)13-15/h5-6,13H,4,7-12H2,1-3H3. The fourth-order valence-electron chi connectivity index (χ4n) is 2.84. The summed E-state index contributed by atoms with van der Waals surface area (Å²) in [7, 11) is 0. The van der Waals surface area contributed by atoms with Crippen molar-refractivity contribution >= 4 is 5.78 Å². The molecule has 0 radical (unpaired) electrons. The van der Waals surface area contributed by atoms with Gasteiger partial charge in [-0.05, 0) is 49.9 Å². The van der Waals surface area contributed by atoms with E-state index in [9.17, 15) is 9.18 Å². The minimum atomic E-state index is -0.294. The van der Waals surface area contributed by atoms with Crippen LogP contribution in [0.1, 0.15) is 55.5 Å². The highest BCUT2D eigenvalue weighted by atomic mass is 19.1. The fraction of sp³-hybridized carbons (Fsp3) is 0.611. The average Bonchev–Trinajstić information content (AvgIpc) is 2.49. The molecule has 3 heteroatoms. The molecule has 0 atom stereocenters. The Morgan fingerprint density at radius 3 is 2.57 bits per heavy atom. The van der Waals surface area contributed by atoms with Crippen molar-refractivity contribution < 1.29 is 9.18 Å². The number of likely N-dealkylation sites (tertiary alicyclic amines) is 1. The maximum absolute atomic E-state index is 13.5. The Balaban J connectivity index is 1.83. The first-order chi connectivity index (χ1) is 9.93. The van der Waals surface area contributed by atoms with Crippen molar-refractivity contribution in [3.8, 4) is 0 Å². The lowest BCUT2D eigenvalue weighted by atomic mass is 9.78. The van der Waals surface area contributed by atoms with Gasteiger partial charge in [-0.1, -0.05) is 32.4 Å². The molecule has 1 saturated heterocycles. The first-order valence-electron chi connectivity index (χ1n) is 7.95. The van der Waals surface area contributed by atoms with Gasteiger partial charge in [-0.3, -0.25) is 4.79 Å². The van der Waals surface area contributed by atoms with Crippen molar-refractivity contribution in [2.24, 2.45) is 5.41 Å². The molecule has 0 aliphatic carbocycles. The van der Waals surface area contributed by atoms with Crippen molar-refractivity contribution in [3.05, 3.63) is 35.1 Å². The molecule has 1 heterocycles. The molecule has 1 aliphatic heterocycles. The van der Waals surface area contributed by atoms with Crippen LogP contribution in [0, 0.1) is 18.2 Å². The maximum Gasteiger partial charge on any atom is 0.164 e. The number of carbonyl (C=O) groups excluding carboxylic acids is 1. The predicted molar refractivity (Wildman–Crippen MR) is 84.2 cm³/mol. The number of carbonyl (C=O) groups is 1. The number of halogens is 1. The highest BCUT2D eigenvalue weighted by molar-refractivity contribution is 5.96. The Bertz CT molecular complexity index is 504. The number of ketones is 1. The predicted octanol–water partition coefficient (Wildman–Crippen LogP) is 4.22. The summed E-state index contributed by atoms with van der Waals surface area (Å²) < 4.78 is 13.5. The molecule has 1 fully saturated rings. The number of nitrogens with zero attached hydrogens (tertiary/aromatic N) is 1. The summed E-state index contributed by atoms with van der Waals surface area (Å²) >= 11 is 0. The van der Waals surface area contributed by atoms with E-state index in [1.54, 1.807) is 19.1 Å². The lowest BCUT2D eigenvalue weighted by Crippen LogP contribution is -2.39. The zero-order valence-corrected chi connectivity index (χ0v) is 13.4. The van der Waals surface area contributed by atoms with Gasteiger partial charge in [-0.25, -0.2) is 4.39 Å². The lowest BCUT2D eigenvalue weighted by Gasteiger charge is -2.38. The molecule has 1 aromatic carbocycles. The van der Waals surface area contributed by atoms with Gasteiger partial charge in [0.25, 0.3) is 0 Å². The summed E-state index contributed by atoms with van der Waals surface area (Å²) in [6.07, 6.45) is 4.11.